The highest BCUT2D eigenvalue weighted by atomic mass is 16.2. The summed E-state index contributed by atoms with van der Waals surface area (Å²) in [5.41, 5.74) is 7.65. The van der Waals surface area contributed by atoms with Gasteiger partial charge in [-0.3, -0.25) is 9.78 Å². The van der Waals surface area contributed by atoms with Crippen LogP contribution in [-0.2, 0) is 0 Å². The first-order valence-corrected chi connectivity index (χ1v) is 6.67. The van der Waals surface area contributed by atoms with E-state index in [4.69, 9.17) is 5.73 Å². The number of pyridine rings is 1. The number of rotatable bonds is 3. The van der Waals surface area contributed by atoms with Crippen LogP contribution in [0.25, 0.3) is 0 Å². The average Bonchev–Trinajstić information content (AvgIpc) is 2.78. The molecule has 2 N–H and O–H groups in total. The Morgan fingerprint density at radius 2 is 2.32 bits per heavy atom. The second-order valence-corrected chi connectivity index (χ2v) is 5.46. The van der Waals surface area contributed by atoms with Crippen molar-refractivity contribution in [3.8, 4) is 0 Å². The van der Waals surface area contributed by atoms with Gasteiger partial charge in [0, 0.05) is 19.1 Å². The van der Waals surface area contributed by atoms with Crippen molar-refractivity contribution >= 4 is 11.6 Å². The van der Waals surface area contributed by atoms with E-state index in [1.165, 1.54) is 0 Å². The molecule has 2 heterocycles. The first-order valence-electron chi connectivity index (χ1n) is 6.67. The van der Waals surface area contributed by atoms with Crippen LogP contribution in [0.2, 0.25) is 0 Å². The number of nitrogens with two attached hydrogens (primary N) is 1. The Morgan fingerprint density at radius 1 is 1.58 bits per heavy atom. The van der Waals surface area contributed by atoms with Crippen molar-refractivity contribution in [3.63, 3.8) is 0 Å². The molecular formula is C14H22N4O. The average molecular weight is 262 g/mol. The molecule has 1 aromatic rings. The number of nitrogen functional groups attached to an aromatic ring is 1. The number of anilines is 1. The molecule has 2 rings (SSSR count). The molecule has 5 nitrogen and oxygen atoms in total. The fraction of sp³-hybridized carbons (Fsp3) is 0.571. The minimum absolute atomic E-state index is 0.0571. The van der Waals surface area contributed by atoms with Gasteiger partial charge in [0.25, 0.3) is 5.91 Å². The van der Waals surface area contributed by atoms with Gasteiger partial charge in [-0.15, -0.1) is 0 Å². The van der Waals surface area contributed by atoms with E-state index in [2.05, 4.69) is 9.88 Å². The van der Waals surface area contributed by atoms with E-state index in [9.17, 15) is 4.79 Å². The number of aromatic nitrogens is 1. The topological polar surface area (TPSA) is 62.5 Å². The summed E-state index contributed by atoms with van der Waals surface area (Å²) >= 11 is 0. The number of likely N-dealkylation sites (N-methyl/N-ethyl adjacent to an activating group) is 1. The van der Waals surface area contributed by atoms with E-state index in [-0.39, 0.29) is 5.91 Å². The zero-order valence-corrected chi connectivity index (χ0v) is 11.9. The molecule has 0 saturated carbocycles. The van der Waals surface area contributed by atoms with Crippen LogP contribution < -0.4 is 5.73 Å². The van der Waals surface area contributed by atoms with Crippen molar-refractivity contribution in [2.45, 2.75) is 25.8 Å². The third-order valence-corrected chi connectivity index (χ3v) is 3.55. The van der Waals surface area contributed by atoms with Crippen LogP contribution in [0.3, 0.4) is 0 Å². The first kappa shape index (κ1) is 13.8. The predicted molar refractivity (Wildman–Crippen MR) is 76.0 cm³/mol. The Kier molecular flexibility index (Phi) is 4.04. The van der Waals surface area contributed by atoms with Crippen molar-refractivity contribution in [2.75, 3.05) is 32.9 Å². The number of aryl methyl sites for hydroxylation is 1. The molecule has 0 aromatic carbocycles. The van der Waals surface area contributed by atoms with Crippen LogP contribution >= 0.6 is 0 Å². The van der Waals surface area contributed by atoms with Gasteiger partial charge in [0.05, 0.1) is 23.1 Å². The second kappa shape index (κ2) is 5.57. The van der Waals surface area contributed by atoms with Crippen LogP contribution in [0.15, 0.2) is 12.3 Å². The number of likely N-dealkylation sites (tertiary alicyclic amines) is 1. The molecule has 1 unspecified atom stereocenters. The highest BCUT2D eigenvalue weighted by molar-refractivity contribution is 5.96. The number of nitrogens with zero attached hydrogens (tertiary/aromatic N) is 3. The van der Waals surface area contributed by atoms with Crippen LogP contribution in [0.4, 0.5) is 5.69 Å². The Hall–Kier alpha value is -1.62. The Labute approximate surface area is 114 Å². The highest BCUT2D eigenvalue weighted by Crippen LogP contribution is 2.22. The lowest BCUT2D eigenvalue weighted by Crippen LogP contribution is -2.41. The van der Waals surface area contributed by atoms with Crippen LogP contribution in [0, 0.1) is 6.92 Å². The normalized spacial score (nSPS) is 19.2. The summed E-state index contributed by atoms with van der Waals surface area (Å²) in [4.78, 5) is 20.9. The van der Waals surface area contributed by atoms with Gasteiger partial charge in [-0.25, -0.2) is 0 Å². The number of hydrogen-bond acceptors (Lipinski definition) is 4. The molecule has 104 valence electrons. The molecule has 0 bridgehead atoms. The van der Waals surface area contributed by atoms with Gasteiger partial charge in [-0.2, -0.15) is 0 Å². The molecule has 1 aliphatic rings. The van der Waals surface area contributed by atoms with Gasteiger partial charge < -0.3 is 15.5 Å². The zero-order chi connectivity index (χ0) is 14.0. The van der Waals surface area contributed by atoms with E-state index in [0.717, 1.165) is 31.6 Å². The minimum Gasteiger partial charge on any atom is -0.397 e. The Bertz CT molecular complexity index is 473. The van der Waals surface area contributed by atoms with E-state index in [0.29, 0.717) is 17.3 Å². The Morgan fingerprint density at radius 3 is 3.00 bits per heavy atom. The van der Waals surface area contributed by atoms with Crippen molar-refractivity contribution < 1.29 is 4.79 Å². The predicted octanol–water partition coefficient (Wildman–Crippen LogP) is 1.14. The van der Waals surface area contributed by atoms with Gasteiger partial charge in [0.1, 0.15) is 0 Å². The summed E-state index contributed by atoms with van der Waals surface area (Å²) in [6.45, 7) is 3.58. The van der Waals surface area contributed by atoms with Gasteiger partial charge in [0.15, 0.2) is 0 Å². The molecule has 19 heavy (non-hydrogen) atoms. The van der Waals surface area contributed by atoms with Crippen molar-refractivity contribution in [1.29, 1.82) is 0 Å². The van der Waals surface area contributed by atoms with Crippen molar-refractivity contribution in [3.05, 3.63) is 23.5 Å². The maximum atomic E-state index is 12.6. The quantitative estimate of drug-likeness (QED) is 0.887. The largest absolute Gasteiger partial charge is 0.397 e. The smallest absolute Gasteiger partial charge is 0.256 e. The van der Waals surface area contributed by atoms with Crippen LogP contribution in [0.1, 0.15) is 28.9 Å². The lowest BCUT2D eigenvalue weighted by atomic mass is 10.1. The number of hydrogen-bond donors (Lipinski definition) is 1. The van der Waals surface area contributed by atoms with Crippen molar-refractivity contribution in [1.82, 2.24) is 14.8 Å². The maximum Gasteiger partial charge on any atom is 0.256 e. The molecule has 1 aliphatic heterocycles. The molecule has 0 spiro atoms. The molecule has 1 atom stereocenters. The lowest BCUT2D eigenvalue weighted by molar-refractivity contribution is 0.0715. The summed E-state index contributed by atoms with van der Waals surface area (Å²) in [5, 5.41) is 0. The fourth-order valence-electron chi connectivity index (χ4n) is 2.63. The van der Waals surface area contributed by atoms with E-state index < -0.39 is 0 Å². The fourth-order valence-corrected chi connectivity index (χ4v) is 2.63. The summed E-state index contributed by atoms with van der Waals surface area (Å²) in [7, 11) is 4.07. The Balaban J connectivity index is 2.20. The number of carbonyl (C=O) groups is 1. The van der Waals surface area contributed by atoms with E-state index in [1.54, 1.807) is 12.3 Å². The van der Waals surface area contributed by atoms with E-state index in [1.807, 2.05) is 25.9 Å². The van der Waals surface area contributed by atoms with Gasteiger partial charge in [0.2, 0.25) is 0 Å². The third-order valence-electron chi connectivity index (χ3n) is 3.55. The highest BCUT2D eigenvalue weighted by Gasteiger charge is 2.30. The third kappa shape index (κ3) is 3.04. The zero-order valence-electron chi connectivity index (χ0n) is 11.9. The lowest BCUT2D eigenvalue weighted by Gasteiger charge is -2.27. The van der Waals surface area contributed by atoms with Crippen LogP contribution in [-0.4, -0.2) is 53.9 Å². The SMILES string of the molecule is Cc1ncc(N)cc1C(=O)N1CCCC1CN(C)C. The molecule has 1 amide bonds. The molecule has 0 radical (unpaired) electrons. The molecular weight excluding hydrogens is 240 g/mol. The maximum absolute atomic E-state index is 12.6. The standard InChI is InChI=1S/C14H22N4O/c1-10-13(7-11(15)8-16-10)14(19)18-6-4-5-12(18)9-17(2)3/h7-8,12H,4-6,9,15H2,1-3H3. The molecule has 1 saturated heterocycles. The first-order chi connectivity index (χ1) is 8.99. The molecule has 5 heteroatoms. The van der Waals surface area contributed by atoms with Crippen molar-refractivity contribution in [2.24, 2.45) is 0 Å². The van der Waals surface area contributed by atoms with E-state index >= 15 is 0 Å². The molecule has 1 aromatic heterocycles. The number of carbonyl (C=O) groups excluding carboxylic acids is 1. The number of amides is 1. The minimum atomic E-state index is 0.0571. The molecule has 1 fully saturated rings. The van der Waals surface area contributed by atoms with Crippen LogP contribution in [0.5, 0.6) is 0 Å². The van der Waals surface area contributed by atoms with Gasteiger partial charge in [-0.05, 0) is 39.9 Å². The van der Waals surface area contributed by atoms with Gasteiger partial charge in [-0.1, -0.05) is 0 Å². The summed E-state index contributed by atoms with van der Waals surface area (Å²) in [6.07, 6.45) is 3.73. The summed E-state index contributed by atoms with van der Waals surface area (Å²) in [6, 6.07) is 2.03. The summed E-state index contributed by atoms with van der Waals surface area (Å²) < 4.78 is 0. The molecule has 0 aliphatic carbocycles. The second-order valence-electron chi connectivity index (χ2n) is 5.46. The van der Waals surface area contributed by atoms with Gasteiger partial charge >= 0.3 is 0 Å². The monoisotopic (exact) mass is 262 g/mol. The summed E-state index contributed by atoms with van der Waals surface area (Å²) in [5.74, 6) is 0.0571.